The van der Waals surface area contributed by atoms with Crippen molar-refractivity contribution in [3.63, 3.8) is 0 Å². The molecule has 2 aliphatic rings. The van der Waals surface area contributed by atoms with Crippen LogP contribution in [0.25, 0.3) is 0 Å². The minimum atomic E-state index is 0.317. The van der Waals surface area contributed by atoms with Crippen molar-refractivity contribution in [3.8, 4) is 0 Å². The van der Waals surface area contributed by atoms with Crippen molar-refractivity contribution in [2.75, 3.05) is 39.3 Å². The monoisotopic (exact) mass is 155 g/mol. The summed E-state index contributed by atoms with van der Waals surface area (Å²) < 4.78 is 0. The first-order valence-corrected chi connectivity index (χ1v) is 4.31. The number of nitrogens with zero attached hydrogens (tertiary/aromatic N) is 2. The van der Waals surface area contributed by atoms with Crippen LogP contribution >= 0.6 is 0 Å². The zero-order chi connectivity index (χ0) is 7.52. The van der Waals surface area contributed by atoms with E-state index in [4.69, 9.17) is 0 Å². The Kier molecular flexibility index (Phi) is 2.38. The Morgan fingerprint density at radius 3 is 2.64 bits per heavy atom. The minimum absolute atomic E-state index is 0.317. The zero-order valence-corrected chi connectivity index (χ0v) is 6.71. The number of hydrogen-bond acceptors (Lipinski definition) is 3. The van der Waals surface area contributed by atoms with Crippen molar-refractivity contribution in [2.24, 2.45) is 0 Å². The van der Waals surface area contributed by atoms with Gasteiger partial charge in [-0.25, -0.2) is 5.32 Å². The van der Waals surface area contributed by atoms with Gasteiger partial charge in [0.15, 0.2) is 0 Å². The highest BCUT2D eigenvalue weighted by atomic mass is 15.4. The Labute approximate surface area is 67.3 Å². The van der Waals surface area contributed by atoms with Gasteiger partial charge in [-0.15, -0.1) is 0 Å². The van der Waals surface area contributed by atoms with Gasteiger partial charge >= 0.3 is 0 Å². The number of rotatable bonds is 1. The van der Waals surface area contributed by atoms with Gasteiger partial charge < -0.3 is 5.32 Å². The fourth-order valence-electron chi connectivity index (χ4n) is 1.62. The second-order valence-corrected chi connectivity index (χ2v) is 3.02. The quantitative estimate of drug-likeness (QED) is 0.478. The third kappa shape index (κ3) is 1.70. The van der Waals surface area contributed by atoms with Gasteiger partial charge in [0, 0.05) is 39.3 Å². The van der Waals surface area contributed by atoms with E-state index in [1.807, 2.05) is 0 Å². The Hall–Kier alpha value is -0.160. The number of piperazine rings is 1. The highest BCUT2D eigenvalue weighted by molar-refractivity contribution is 4.77. The molecule has 63 valence electrons. The van der Waals surface area contributed by atoms with Crippen molar-refractivity contribution in [3.05, 3.63) is 0 Å². The third-order valence-electron chi connectivity index (χ3n) is 2.24. The van der Waals surface area contributed by atoms with Crippen molar-refractivity contribution in [1.29, 1.82) is 0 Å². The molecule has 11 heavy (non-hydrogen) atoms. The van der Waals surface area contributed by atoms with Crippen LogP contribution in [0.1, 0.15) is 0 Å². The van der Waals surface area contributed by atoms with E-state index in [2.05, 4.69) is 20.9 Å². The van der Waals surface area contributed by atoms with Gasteiger partial charge in [-0.1, -0.05) is 0 Å². The Bertz CT molecular complexity index is 116. The van der Waals surface area contributed by atoms with Crippen LogP contribution in [0.5, 0.6) is 0 Å². The third-order valence-corrected chi connectivity index (χ3v) is 2.24. The molecule has 2 rings (SSSR count). The Balaban J connectivity index is 1.82. The van der Waals surface area contributed by atoms with Crippen LogP contribution < -0.4 is 16.0 Å². The molecule has 1 unspecified atom stereocenters. The lowest BCUT2D eigenvalue weighted by molar-refractivity contribution is 0.143. The summed E-state index contributed by atoms with van der Waals surface area (Å²) in [6, 6.07) is 0. The van der Waals surface area contributed by atoms with Gasteiger partial charge in [0.2, 0.25) is 0 Å². The molecule has 0 amide bonds. The first-order valence-electron chi connectivity index (χ1n) is 4.31. The largest absolute Gasteiger partial charge is 0.314 e. The standard InChI is InChI=1S/C7H15N4/c1-2-10-7(9-1)11-5-3-8-4-6-11/h7-9H,1-6H2. The molecule has 2 heterocycles. The molecule has 2 saturated heterocycles. The normalized spacial score (nSPS) is 29.5. The summed E-state index contributed by atoms with van der Waals surface area (Å²) in [4.78, 5) is 2.39. The molecule has 1 atom stereocenters. The fourth-order valence-corrected chi connectivity index (χ4v) is 1.62. The highest BCUT2D eigenvalue weighted by Gasteiger charge is 2.23. The topological polar surface area (TPSA) is 41.4 Å². The summed E-state index contributed by atoms with van der Waals surface area (Å²) in [7, 11) is 0. The molecule has 4 nitrogen and oxygen atoms in total. The molecule has 2 fully saturated rings. The lowest BCUT2D eigenvalue weighted by atomic mass is 10.4. The minimum Gasteiger partial charge on any atom is -0.314 e. The average Bonchev–Trinajstić information content (AvgIpc) is 2.58. The molecule has 1 radical (unpaired) electrons. The average molecular weight is 155 g/mol. The second kappa shape index (κ2) is 3.49. The fraction of sp³-hybridized carbons (Fsp3) is 1.00. The summed E-state index contributed by atoms with van der Waals surface area (Å²) in [5, 5.41) is 11.1. The van der Waals surface area contributed by atoms with Gasteiger partial charge in [-0.3, -0.25) is 10.2 Å². The van der Waals surface area contributed by atoms with Gasteiger partial charge in [0.1, 0.15) is 6.29 Å². The molecular weight excluding hydrogens is 140 g/mol. The van der Waals surface area contributed by atoms with Crippen LogP contribution in [0.2, 0.25) is 0 Å². The van der Waals surface area contributed by atoms with E-state index < -0.39 is 0 Å². The second-order valence-electron chi connectivity index (χ2n) is 3.02. The van der Waals surface area contributed by atoms with Crippen molar-refractivity contribution >= 4 is 0 Å². The van der Waals surface area contributed by atoms with Crippen LogP contribution in [0.15, 0.2) is 0 Å². The van der Waals surface area contributed by atoms with E-state index in [0.717, 1.165) is 39.3 Å². The number of hydrogen-bond donors (Lipinski definition) is 2. The molecule has 0 aromatic rings. The molecule has 0 bridgehead atoms. The van der Waals surface area contributed by atoms with E-state index in [0.29, 0.717) is 6.29 Å². The highest BCUT2D eigenvalue weighted by Crippen LogP contribution is 1.99. The van der Waals surface area contributed by atoms with Crippen molar-refractivity contribution < 1.29 is 0 Å². The molecule has 2 aliphatic heterocycles. The maximum Gasteiger partial charge on any atom is 0.130 e. The van der Waals surface area contributed by atoms with E-state index in [-0.39, 0.29) is 0 Å². The summed E-state index contributed by atoms with van der Waals surface area (Å²) in [5.41, 5.74) is 0. The van der Waals surface area contributed by atoms with Crippen LogP contribution in [0, 0.1) is 0 Å². The summed E-state index contributed by atoms with van der Waals surface area (Å²) >= 11 is 0. The van der Waals surface area contributed by atoms with E-state index >= 15 is 0 Å². The molecule has 4 heteroatoms. The maximum atomic E-state index is 4.45. The van der Waals surface area contributed by atoms with Crippen LogP contribution in [-0.4, -0.2) is 50.5 Å². The van der Waals surface area contributed by atoms with Crippen LogP contribution in [-0.2, 0) is 0 Å². The summed E-state index contributed by atoms with van der Waals surface area (Å²) in [6.45, 7) is 6.49. The smallest absolute Gasteiger partial charge is 0.130 e. The van der Waals surface area contributed by atoms with Gasteiger partial charge in [-0.05, 0) is 0 Å². The van der Waals surface area contributed by atoms with Gasteiger partial charge in [-0.2, -0.15) is 0 Å². The molecule has 0 spiro atoms. The Morgan fingerprint density at radius 1 is 1.18 bits per heavy atom. The van der Waals surface area contributed by atoms with E-state index in [1.165, 1.54) is 0 Å². The maximum absolute atomic E-state index is 4.45. The van der Waals surface area contributed by atoms with Gasteiger partial charge in [0.05, 0.1) is 0 Å². The Morgan fingerprint density at radius 2 is 2.00 bits per heavy atom. The SMILES string of the molecule is C1CNC(N2CCNCC2)[N]1. The molecular formula is C7H15N4. The van der Waals surface area contributed by atoms with Crippen molar-refractivity contribution in [2.45, 2.75) is 6.29 Å². The summed E-state index contributed by atoms with van der Waals surface area (Å²) in [5.74, 6) is 0. The van der Waals surface area contributed by atoms with E-state index in [1.54, 1.807) is 0 Å². The lowest BCUT2D eigenvalue weighted by Gasteiger charge is -2.31. The van der Waals surface area contributed by atoms with Crippen molar-refractivity contribution in [1.82, 2.24) is 20.9 Å². The zero-order valence-electron chi connectivity index (χ0n) is 6.71. The van der Waals surface area contributed by atoms with Crippen LogP contribution in [0.4, 0.5) is 0 Å². The first-order chi connectivity index (χ1) is 5.47. The van der Waals surface area contributed by atoms with Crippen LogP contribution in [0.3, 0.4) is 0 Å². The molecule has 0 aromatic carbocycles. The predicted octanol–water partition coefficient (Wildman–Crippen LogP) is -1.62. The molecule has 0 aliphatic carbocycles. The summed E-state index contributed by atoms with van der Waals surface area (Å²) in [6.07, 6.45) is 0.317. The van der Waals surface area contributed by atoms with Gasteiger partial charge in [0.25, 0.3) is 0 Å². The lowest BCUT2D eigenvalue weighted by Crippen LogP contribution is -2.53. The number of nitrogens with one attached hydrogen (secondary N) is 2. The molecule has 2 N–H and O–H groups in total. The first kappa shape index (κ1) is 7.49. The van der Waals surface area contributed by atoms with E-state index in [9.17, 15) is 0 Å². The molecule has 0 aromatic heterocycles. The predicted molar refractivity (Wildman–Crippen MR) is 43.2 cm³/mol. The molecule has 0 saturated carbocycles.